The van der Waals surface area contributed by atoms with Crippen LogP contribution in [-0.2, 0) is 4.79 Å². The maximum atomic E-state index is 11.2. The van der Waals surface area contributed by atoms with E-state index in [-0.39, 0.29) is 5.92 Å². The highest BCUT2D eigenvalue weighted by Crippen LogP contribution is 2.29. The number of aromatic amines is 1. The summed E-state index contributed by atoms with van der Waals surface area (Å²) in [7, 11) is 0. The number of carboxylic acid groups (broad SMARTS) is 1. The van der Waals surface area contributed by atoms with Gasteiger partial charge in [0.05, 0.1) is 11.4 Å². The van der Waals surface area contributed by atoms with Crippen LogP contribution in [0.2, 0.25) is 0 Å². The SMILES string of the molecule is CC(C(=O)O)N1CCCC(c2cc(-c3ccc(Br)cc3)[nH]n2)C1. The van der Waals surface area contributed by atoms with E-state index in [0.29, 0.717) is 0 Å². The van der Waals surface area contributed by atoms with Gasteiger partial charge in [-0.05, 0) is 50.1 Å². The van der Waals surface area contributed by atoms with Gasteiger partial charge >= 0.3 is 5.97 Å². The van der Waals surface area contributed by atoms with E-state index in [1.54, 1.807) is 6.92 Å². The molecule has 0 saturated carbocycles. The molecule has 0 aliphatic carbocycles. The molecular weight excluding hydrogens is 358 g/mol. The summed E-state index contributed by atoms with van der Waals surface area (Å²) >= 11 is 3.44. The van der Waals surface area contributed by atoms with Crippen LogP contribution in [0.5, 0.6) is 0 Å². The number of nitrogens with zero attached hydrogens (tertiary/aromatic N) is 2. The van der Waals surface area contributed by atoms with Crippen LogP contribution < -0.4 is 0 Å². The number of carboxylic acids is 1. The van der Waals surface area contributed by atoms with Gasteiger partial charge in [-0.25, -0.2) is 0 Å². The molecule has 1 saturated heterocycles. The number of hydrogen-bond donors (Lipinski definition) is 2. The first-order valence-corrected chi connectivity index (χ1v) is 8.62. The van der Waals surface area contributed by atoms with Crippen LogP contribution in [0.4, 0.5) is 0 Å². The van der Waals surface area contributed by atoms with Crippen LogP contribution in [0, 0.1) is 0 Å². The van der Waals surface area contributed by atoms with Gasteiger partial charge in [-0.3, -0.25) is 14.8 Å². The number of hydrogen-bond acceptors (Lipinski definition) is 3. The van der Waals surface area contributed by atoms with E-state index in [9.17, 15) is 9.90 Å². The Kier molecular flexibility index (Phi) is 4.82. The van der Waals surface area contributed by atoms with E-state index in [0.717, 1.165) is 47.4 Å². The zero-order valence-electron chi connectivity index (χ0n) is 13.0. The second-order valence-electron chi connectivity index (χ2n) is 6.06. The van der Waals surface area contributed by atoms with Crippen molar-refractivity contribution in [1.82, 2.24) is 15.1 Å². The molecule has 0 spiro atoms. The van der Waals surface area contributed by atoms with Crippen LogP contribution in [0.1, 0.15) is 31.4 Å². The highest BCUT2D eigenvalue weighted by Gasteiger charge is 2.29. The van der Waals surface area contributed by atoms with E-state index in [1.807, 2.05) is 29.2 Å². The smallest absolute Gasteiger partial charge is 0.320 e. The monoisotopic (exact) mass is 377 g/mol. The van der Waals surface area contributed by atoms with Crippen molar-refractivity contribution in [3.8, 4) is 11.3 Å². The van der Waals surface area contributed by atoms with Crippen LogP contribution in [0.25, 0.3) is 11.3 Å². The third kappa shape index (κ3) is 3.64. The molecule has 2 N–H and O–H groups in total. The lowest BCUT2D eigenvalue weighted by molar-refractivity contribution is -0.143. The predicted octanol–water partition coefficient (Wildman–Crippen LogP) is 3.49. The molecule has 122 valence electrons. The molecular formula is C17H20BrN3O2. The Hall–Kier alpha value is -1.66. The van der Waals surface area contributed by atoms with Gasteiger partial charge in [0.2, 0.25) is 0 Å². The Morgan fingerprint density at radius 2 is 2.17 bits per heavy atom. The molecule has 1 fully saturated rings. The van der Waals surface area contributed by atoms with Crippen molar-refractivity contribution in [2.45, 2.75) is 31.7 Å². The molecule has 2 heterocycles. The first kappa shape index (κ1) is 16.2. The second-order valence-corrected chi connectivity index (χ2v) is 6.98. The van der Waals surface area contributed by atoms with Crippen LogP contribution in [-0.4, -0.2) is 45.3 Å². The summed E-state index contributed by atoms with van der Waals surface area (Å²) in [5, 5.41) is 16.8. The van der Waals surface area contributed by atoms with Crippen molar-refractivity contribution in [2.75, 3.05) is 13.1 Å². The van der Waals surface area contributed by atoms with Gasteiger partial charge in [0.15, 0.2) is 0 Å². The van der Waals surface area contributed by atoms with Crippen LogP contribution in [0.15, 0.2) is 34.8 Å². The van der Waals surface area contributed by atoms with E-state index in [1.165, 1.54) is 0 Å². The van der Waals surface area contributed by atoms with Crippen molar-refractivity contribution in [3.63, 3.8) is 0 Å². The summed E-state index contributed by atoms with van der Waals surface area (Å²) in [5.41, 5.74) is 3.11. The Labute approximate surface area is 143 Å². The van der Waals surface area contributed by atoms with E-state index in [4.69, 9.17) is 0 Å². The summed E-state index contributed by atoms with van der Waals surface area (Å²) in [6.45, 7) is 3.34. The lowest BCUT2D eigenvalue weighted by Crippen LogP contribution is -2.44. The fourth-order valence-corrected chi connectivity index (χ4v) is 3.34. The number of benzene rings is 1. The molecule has 6 heteroatoms. The number of rotatable bonds is 4. The number of aliphatic carboxylic acids is 1. The number of H-pyrrole nitrogens is 1. The molecule has 0 bridgehead atoms. The van der Waals surface area contributed by atoms with Gasteiger partial charge in [0, 0.05) is 16.9 Å². The van der Waals surface area contributed by atoms with Crippen molar-refractivity contribution < 1.29 is 9.90 Å². The fraction of sp³-hybridized carbons (Fsp3) is 0.412. The van der Waals surface area contributed by atoms with Crippen molar-refractivity contribution in [1.29, 1.82) is 0 Å². The average Bonchev–Trinajstić information content (AvgIpc) is 3.05. The molecule has 1 aromatic heterocycles. The molecule has 1 aliphatic rings. The lowest BCUT2D eigenvalue weighted by Gasteiger charge is -2.34. The highest BCUT2D eigenvalue weighted by atomic mass is 79.9. The van der Waals surface area contributed by atoms with Gasteiger partial charge in [-0.2, -0.15) is 5.10 Å². The number of carbonyl (C=O) groups is 1. The first-order valence-electron chi connectivity index (χ1n) is 7.82. The molecule has 2 unspecified atom stereocenters. The quantitative estimate of drug-likeness (QED) is 0.855. The molecule has 0 radical (unpaired) electrons. The van der Waals surface area contributed by atoms with Gasteiger partial charge in [-0.1, -0.05) is 28.1 Å². The van der Waals surface area contributed by atoms with Gasteiger partial charge < -0.3 is 5.11 Å². The third-order valence-electron chi connectivity index (χ3n) is 4.53. The molecule has 1 aliphatic heterocycles. The molecule has 23 heavy (non-hydrogen) atoms. The number of nitrogens with one attached hydrogen (secondary N) is 1. The third-order valence-corrected chi connectivity index (χ3v) is 5.06. The molecule has 2 atom stereocenters. The topological polar surface area (TPSA) is 69.2 Å². The standard InChI is InChI=1S/C17H20BrN3O2/c1-11(17(22)23)21-8-2-3-13(10-21)16-9-15(19-20-16)12-4-6-14(18)7-5-12/h4-7,9,11,13H,2-3,8,10H2,1H3,(H,19,20)(H,22,23). The minimum atomic E-state index is -0.761. The van der Waals surface area contributed by atoms with Gasteiger partial charge in [0.1, 0.15) is 6.04 Å². The number of halogens is 1. The van der Waals surface area contributed by atoms with Crippen LogP contribution >= 0.6 is 15.9 Å². The van der Waals surface area contributed by atoms with Gasteiger partial charge in [-0.15, -0.1) is 0 Å². The Bertz CT molecular complexity index is 683. The van der Waals surface area contributed by atoms with E-state index >= 15 is 0 Å². The lowest BCUT2D eigenvalue weighted by atomic mass is 9.93. The van der Waals surface area contributed by atoms with E-state index < -0.39 is 12.0 Å². The van der Waals surface area contributed by atoms with Crippen molar-refractivity contribution in [3.05, 3.63) is 40.5 Å². The molecule has 0 amide bonds. The number of likely N-dealkylation sites (tertiary alicyclic amines) is 1. The Balaban J connectivity index is 1.74. The number of piperidine rings is 1. The van der Waals surface area contributed by atoms with Gasteiger partial charge in [0.25, 0.3) is 0 Å². The minimum absolute atomic E-state index is 0.283. The maximum Gasteiger partial charge on any atom is 0.320 e. The Morgan fingerprint density at radius 1 is 1.43 bits per heavy atom. The van der Waals surface area contributed by atoms with Crippen LogP contribution in [0.3, 0.4) is 0 Å². The normalized spacial score (nSPS) is 20.3. The Morgan fingerprint density at radius 3 is 2.87 bits per heavy atom. The molecule has 5 nitrogen and oxygen atoms in total. The predicted molar refractivity (Wildman–Crippen MR) is 92.4 cm³/mol. The summed E-state index contributed by atoms with van der Waals surface area (Å²) in [6, 6.07) is 9.74. The average molecular weight is 378 g/mol. The number of aromatic nitrogens is 2. The van der Waals surface area contributed by atoms with E-state index in [2.05, 4.69) is 32.2 Å². The summed E-state index contributed by atoms with van der Waals surface area (Å²) in [4.78, 5) is 13.2. The zero-order valence-corrected chi connectivity index (χ0v) is 14.6. The fourth-order valence-electron chi connectivity index (χ4n) is 3.08. The summed E-state index contributed by atoms with van der Waals surface area (Å²) in [5.74, 6) is -0.478. The summed E-state index contributed by atoms with van der Waals surface area (Å²) in [6.07, 6.45) is 2.05. The van der Waals surface area contributed by atoms with Crippen molar-refractivity contribution >= 4 is 21.9 Å². The molecule has 1 aromatic carbocycles. The highest BCUT2D eigenvalue weighted by molar-refractivity contribution is 9.10. The first-order chi connectivity index (χ1) is 11.0. The second kappa shape index (κ2) is 6.84. The zero-order chi connectivity index (χ0) is 16.4. The maximum absolute atomic E-state index is 11.2. The molecule has 2 aromatic rings. The minimum Gasteiger partial charge on any atom is -0.480 e. The summed E-state index contributed by atoms with van der Waals surface area (Å²) < 4.78 is 1.05. The van der Waals surface area contributed by atoms with Crippen molar-refractivity contribution in [2.24, 2.45) is 0 Å². The largest absolute Gasteiger partial charge is 0.480 e. The molecule has 3 rings (SSSR count).